The van der Waals surface area contributed by atoms with Crippen molar-refractivity contribution < 1.29 is 18.7 Å². The Kier molecular flexibility index (Phi) is 5.65. The van der Waals surface area contributed by atoms with Gasteiger partial charge in [0.05, 0.1) is 17.9 Å². The van der Waals surface area contributed by atoms with Crippen molar-refractivity contribution in [3.05, 3.63) is 24.1 Å². The number of aromatic nitrogens is 2. The van der Waals surface area contributed by atoms with E-state index in [1.807, 2.05) is 0 Å². The van der Waals surface area contributed by atoms with Gasteiger partial charge in [0.25, 0.3) is 5.89 Å². The smallest absolute Gasteiger partial charge is 0.251 e. The van der Waals surface area contributed by atoms with Gasteiger partial charge in [0, 0.05) is 12.0 Å². The number of ether oxygens (including phenoxy) is 2. The number of carbonyl (C=O) groups is 1. The van der Waals surface area contributed by atoms with Crippen molar-refractivity contribution in [3.63, 3.8) is 0 Å². The minimum absolute atomic E-state index is 0.0562. The minimum atomic E-state index is 0.0562. The molecule has 0 amide bonds. The number of Topliss-reactive ketones (excluding diaryl/α,β-unsaturated/α-hetero) is 1. The lowest BCUT2D eigenvalue weighted by Gasteiger charge is -2.13. The molecule has 1 unspecified atom stereocenters. The topological polar surface area (TPSA) is 104 Å². The fourth-order valence-corrected chi connectivity index (χ4v) is 2.62. The highest BCUT2D eigenvalue weighted by Gasteiger charge is 2.25. The zero-order valence-corrected chi connectivity index (χ0v) is 14.4. The molecule has 0 bridgehead atoms. The lowest BCUT2D eigenvalue weighted by Crippen LogP contribution is -2.09. The standard InChI is InChI=1S/C18H23N3O4/c1-2-3-4-5-6-16(22)12-7-14(18-21-20-11-25-18)17(15(19)8-12)24-10-13-9-23-13/h7-8,11,13H,2-6,9-10,19H2,1H3. The van der Waals surface area contributed by atoms with E-state index >= 15 is 0 Å². The number of hydrogen-bond acceptors (Lipinski definition) is 7. The highest BCUT2D eigenvalue weighted by Crippen LogP contribution is 2.36. The number of epoxide rings is 1. The highest BCUT2D eigenvalue weighted by atomic mass is 16.6. The molecule has 1 aliphatic heterocycles. The van der Waals surface area contributed by atoms with Crippen LogP contribution in [0.5, 0.6) is 5.75 Å². The summed E-state index contributed by atoms with van der Waals surface area (Å²) in [6, 6.07) is 3.38. The first-order valence-electron chi connectivity index (χ1n) is 8.66. The van der Waals surface area contributed by atoms with E-state index in [9.17, 15) is 4.79 Å². The molecule has 0 radical (unpaired) electrons. The number of nitrogen functional groups attached to an aromatic ring is 1. The summed E-state index contributed by atoms with van der Waals surface area (Å²) in [7, 11) is 0. The van der Waals surface area contributed by atoms with Crippen LogP contribution in [0.1, 0.15) is 49.4 Å². The molecular weight excluding hydrogens is 322 g/mol. The van der Waals surface area contributed by atoms with E-state index in [4.69, 9.17) is 19.6 Å². The lowest BCUT2D eigenvalue weighted by molar-refractivity contribution is 0.0979. The summed E-state index contributed by atoms with van der Waals surface area (Å²) >= 11 is 0. The number of nitrogens with zero attached hydrogens (tertiary/aromatic N) is 2. The second-order valence-electron chi connectivity index (χ2n) is 6.19. The van der Waals surface area contributed by atoms with Crippen molar-refractivity contribution >= 4 is 11.5 Å². The van der Waals surface area contributed by atoms with E-state index in [0.717, 1.165) is 25.7 Å². The van der Waals surface area contributed by atoms with Gasteiger partial charge < -0.3 is 19.6 Å². The summed E-state index contributed by atoms with van der Waals surface area (Å²) in [6.45, 7) is 3.23. The van der Waals surface area contributed by atoms with Gasteiger partial charge in [-0.15, -0.1) is 10.2 Å². The number of ketones is 1. The van der Waals surface area contributed by atoms with Gasteiger partial charge in [-0.2, -0.15) is 0 Å². The zero-order chi connectivity index (χ0) is 17.6. The Hall–Kier alpha value is -2.41. The number of nitrogens with two attached hydrogens (primary N) is 1. The maximum Gasteiger partial charge on any atom is 0.251 e. The molecule has 0 aliphatic carbocycles. The molecule has 2 aromatic rings. The van der Waals surface area contributed by atoms with Crippen molar-refractivity contribution in [2.75, 3.05) is 18.9 Å². The fraction of sp³-hybridized carbons (Fsp3) is 0.500. The summed E-state index contributed by atoms with van der Waals surface area (Å²) in [5.41, 5.74) is 7.60. The molecule has 1 aromatic heterocycles. The first-order valence-corrected chi connectivity index (χ1v) is 8.66. The summed E-state index contributed by atoms with van der Waals surface area (Å²) in [6.07, 6.45) is 6.03. The SMILES string of the molecule is CCCCCCC(=O)c1cc(N)c(OCC2CO2)c(-c2nnco2)c1. The Labute approximate surface area is 146 Å². The first kappa shape index (κ1) is 17.4. The molecule has 1 atom stereocenters. The quantitative estimate of drug-likeness (QED) is 0.305. The molecule has 7 heteroatoms. The number of anilines is 1. The van der Waals surface area contributed by atoms with Gasteiger partial charge in [0.1, 0.15) is 12.7 Å². The molecule has 1 aromatic carbocycles. The third-order valence-electron chi connectivity index (χ3n) is 4.10. The molecule has 2 N–H and O–H groups in total. The molecule has 3 rings (SSSR count). The maximum absolute atomic E-state index is 12.5. The Balaban J connectivity index is 1.81. The number of rotatable bonds is 10. The van der Waals surface area contributed by atoms with Gasteiger partial charge in [-0.1, -0.05) is 26.2 Å². The molecule has 0 spiro atoms. The normalized spacial score (nSPS) is 16.0. The van der Waals surface area contributed by atoms with E-state index in [2.05, 4.69) is 17.1 Å². The van der Waals surface area contributed by atoms with Crippen molar-refractivity contribution in [2.45, 2.75) is 45.1 Å². The van der Waals surface area contributed by atoms with Crippen LogP contribution in [0.2, 0.25) is 0 Å². The predicted molar refractivity (Wildman–Crippen MR) is 92.5 cm³/mol. The molecule has 2 heterocycles. The predicted octanol–water partition coefficient (Wildman–Crippen LogP) is 3.25. The molecule has 1 saturated heterocycles. The van der Waals surface area contributed by atoms with Crippen LogP contribution in [0.25, 0.3) is 11.5 Å². The maximum atomic E-state index is 12.5. The van der Waals surface area contributed by atoms with E-state index < -0.39 is 0 Å². The lowest BCUT2D eigenvalue weighted by atomic mass is 10.0. The van der Waals surface area contributed by atoms with E-state index in [1.54, 1.807) is 12.1 Å². The zero-order valence-electron chi connectivity index (χ0n) is 14.4. The van der Waals surface area contributed by atoms with Crippen molar-refractivity contribution in [2.24, 2.45) is 0 Å². The van der Waals surface area contributed by atoms with Crippen LogP contribution in [0.4, 0.5) is 5.69 Å². The number of unbranched alkanes of at least 4 members (excludes halogenated alkanes) is 3. The van der Waals surface area contributed by atoms with Gasteiger partial charge in [-0.25, -0.2) is 0 Å². The van der Waals surface area contributed by atoms with Gasteiger partial charge in [0.2, 0.25) is 6.39 Å². The van der Waals surface area contributed by atoms with Crippen LogP contribution in [0, 0.1) is 0 Å². The average molecular weight is 345 g/mol. The summed E-state index contributed by atoms with van der Waals surface area (Å²) < 4.78 is 16.2. The Morgan fingerprint density at radius 2 is 2.20 bits per heavy atom. The average Bonchev–Trinajstić information content (AvgIpc) is 3.28. The van der Waals surface area contributed by atoms with Gasteiger partial charge in [-0.05, 0) is 18.6 Å². The van der Waals surface area contributed by atoms with Crippen LogP contribution in [0.15, 0.2) is 22.9 Å². The minimum Gasteiger partial charge on any atom is -0.488 e. The van der Waals surface area contributed by atoms with Gasteiger partial charge >= 0.3 is 0 Å². The molecule has 134 valence electrons. The van der Waals surface area contributed by atoms with Crippen LogP contribution in [0.3, 0.4) is 0 Å². The third-order valence-corrected chi connectivity index (χ3v) is 4.10. The Morgan fingerprint density at radius 3 is 2.88 bits per heavy atom. The second kappa shape index (κ2) is 8.11. The molecule has 1 fully saturated rings. The van der Waals surface area contributed by atoms with Gasteiger partial charge in [-0.3, -0.25) is 4.79 Å². The molecular formula is C18H23N3O4. The monoisotopic (exact) mass is 345 g/mol. The Morgan fingerprint density at radius 1 is 1.36 bits per heavy atom. The van der Waals surface area contributed by atoms with E-state index in [0.29, 0.717) is 42.2 Å². The first-order chi connectivity index (χ1) is 12.2. The molecule has 1 aliphatic rings. The third kappa shape index (κ3) is 4.57. The number of hydrogen-bond donors (Lipinski definition) is 1. The van der Waals surface area contributed by atoms with Crippen LogP contribution in [-0.2, 0) is 4.74 Å². The van der Waals surface area contributed by atoms with Crippen LogP contribution < -0.4 is 10.5 Å². The highest BCUT2D eigenvalue weighted by molar-refractivity contribution is 5.99. The van der Waals surface area contributed by atoms with E-state index in [1.165, 1.54) is 6.39 Å². The van der Waals surface area contributed by atoms with Crippen molar-refractivity contribution in [1.82, 2.24) is 10.2 Å². The second-order valence-corrected chi connectivity index (χ2v) is 6.19. The molecule has 7 nitrogen and oxygen atoms in total. The number of carbonyl (C=O) groups excluding carboxylic acids is 1. The molecule has 25 heavy (non-hydrogen) atoms. The summed E-state index contributed by atoms with van der Waals surface area (Å²) in [5, 5.41) is 7.62. The number of benzene rings is 1. The van der Waals surface area contributed by atoms with Gasteiger partial charge in [0.15, 0.2) is 11.5 Å². The summed E-state index contributed by atoms with van der Waals surface area (Å²) in [4.78, 5) is 12.5. The summed E-state index contributed by atoms with van der Waals surface area (Å²) in [5.74, 6) is 0.780. The van der Waals surface area contributed by atoms with Crippen LogP contribution >= 0.6 is 0 Å². The molecule has 0 saturated carbocycles. The van der Waals surface area contributed by atoms with Crippen molar-refractivity contribution in [3.8, 4) is 17.2 Å². The van der Waals surface area contributed by atoms with Crippen molar-refractivity contribution in [1.29, 1.82) is 0 Å². The Bertz CT molecular complexity index is 711. The van der Waals surface area contributed by atoms with Crippen LogP contribution in [-0.4, -0.2) is 35.3 Å². The van der Waals surface area contributed by atoms with E-state index in [-0.39, 0.29) is 17.8 Å². The largest absolute Gasteiger partial charge is 0.488 e. The fourth-order valence-electron chi connectivity index (χ4n) is 2.62.